The van der Waals surface area contributed by atoms with Crippen molar-refractivity contribution in [3.8, 4) is 0 Å². The second-order valence-corrected chi connectivity index (χ2v) is 6.50. The Bertz CT molecular complexity index is 381. The van der Waals surface area contributed by atoms with E-state index in [9.17, 15) is 0 Å². The SMILES string of the molecule is Cc1nc(N2CCC(Br)C(C)C2)ccc1Br. The summed E-state index contributed by atoms with van der Waals surface area (Å²) in [6, 6.07) is 4.18. The Morgan fingerprint density at radius 2 is 2.19 bits per heavy atom. The van der Waals surface area contributed by atoms with Gasteiger partial charge in [-0.15, -0.1) is 0 Å². The highest BCUT2D eigenvalue weighted by molar-refractivity contribution is 9.10. The minimum Gasteiger partial charge on any atom is -0.356 e. The number of piperidine rings is 1. The minimum absolute atomic E-state index is 0.653. The predicted octanol–water partition coefficient (Wildman–Crippen LogP) is 3.76. The number of hydrogen-bond donors (Lipinski definition) is 0. The summed E-state index contributed by atoms with van der Waals surface area (Å²) >= 11 is 7.21. The lowest BCUT2D eigenvalue weighted by atomic mass is 10.0. The van der Waals surface area contributed by atoms with E-state index in [-0.39, 0.29) is 0 Å². The fourth-order valence-corrected chi connectivity index (χ4v) is 2.62. The molecule has 0 amide bonds. The van der Waals surface area contributed by atoms with Crippen molar-refractivity contribution in [3.63, 3.8) is 0 Å². The van der Waals surface area contributed by atoms with Gasteiger partial charge >= 0.3 is 0 Å². The van der Waals surface area contributed by atoms with Gasteiger partial charge < -0.3 is 4.90 Å². The van der Waals surface area contributed by atoms with Gasteiger partial charge in [-0.1, -0.05) is 22.9 Å². The molecule has 0 N–H and O–H groups in total. The number of hydrogen-bond acceptors (Lipinski definition) is 2. The van der Waals surface area contributed by atoms with E-state index in [1.54, 1.807) is 0 Å². The second-order valence-electron chi connectivity index (χ2n) is 4.46. The highest BCUT2D eigenvalue weighted by Crippen LogP contribution is 2.27. The number of aryl methyl sites for hydroxylation is 1. The average Bonchev–Trinajstić information content (AvgIpc) is 2.26. The van der Waals surface area contributed by atoms with Gasteiger partial charge in [0.25, 0.3) is 0 Å². The van der Waals surface area contributed by atoms with Crippen LogP contribution >= 0.6 is 31.9 Å². The molecule has 1 aromatic heterocycles. The highest BCUT2D eigenvalue weighted by atomic mass is 79.9. The Morgan fingerprint density at radius 3 is 2.81 bits per heavy atom. The third-order valence-electron chi connectivity index (χ3n) is 3.13. The molecule has 1 aromatic rings. The predicted molar refractivity (Wildman–Crippen MR) is 75.4 cm³/mol. The molecule has 2 heterocycles. The van der Waals surface area contributed by atoms with Gasteiger partial charge in [-0.3, -0.25) is 0 Å². The van der Waals surface area contributed by atoms with Gasteiger partial charge in [-0.25, -0.2) is 4.98 Å². The number of nitrogens with zero attached hydrogens (tertiary/aromatic N) is 2. The third-order valence-corrected chi connectivity index (χ3v) is 5.33. The maximum atomic E-state index is 4.62. The maximum Gasteiger partial charge on any atom is 0.128 e. The van der Waals surface area contributed by atoms with Gasteiger partial charge in [-0.05, 0) is 47.3 Å². The van der Waals surface area contributed by atoms with Gasteiger partial charge in [0.05, 0.1) is 5.69 Å². The summed E-state index contributed by atoms with van der Waals surface area (Å²) in [5.41, 5.74) is 1.06. The van der Waals surface area contributed by atoms with Crippen LogP contribution < -0.4 is 4.90 Å². The molecule has 88 valence electrons. The number of anilines is 1. The van der Waals surface area contributed by atoms with Crippen molar-refractivity contribution in [2.24, 2.45) is 5.92 Å². The van der Waals surface area contributed by atoms with Crippen molar-refractivity contribution in [1.82, 2.24) is 4.98 Å². The van der Waals surface area contributed by atoms with E-state index in [4.69, 9.17) is 0 Å². The zero-order valence-electron chi connectivity index (χ0n) is 9.58. The summed E-state index contributed by atoms with van der Waals surface area (Å²) < 4.78 is 1.08. The molecule has 1 fully saturated rings. The zero-order valence-corrected chi connectivity index (χ0v) is 12.8. The molecule has 2 rings (SSSR count). The van der Waals surface area contributed by atoms with E-state index < -0.39 is 0 Å². The van der Waals surface area contributed by atoms with Gasteiger partial charge in [0.2, 0.25) is 0 Å². The normalized spacial score (nSPS) is 25.9. The first-order valence-corrected chi connectivity index (χ1v) is 7.31. The van der Waals surface area contributed by atoms with Gasteiger partial charge in [-0.2, -0.15) is 0 Å². The van der Waals surface area contributed by atoms with Gasteiger partial charge in [0.1, 0.15) is 5.82 Å². The van der Waals surface area contributed by atoms with E-state index in [2.05, 4.69) is 60.8 Å². The smallest absolute Gasteiger partial charge is 0.128 e. The van der Waals surface area contributed by atoms with Crippen LogP contribution in [-0.4, -0.2) is 22.9 Å². The number of alkyl halides is 1. The first-order chi connectivity index (χ1) is 7.58. The topological polar surface area (TPSA) is 16.1 Å². The molecule has 0 bridgehead atoms. The second kappa shape index (κ2) is 5.05. The van der Waals surface area contributed by atoms with E-state index in [0.29, 0.717) is 10.7 Å². The molecule has 0 saturated carbocycles. The number of aromatic nitrogens is 1. The average molecular weight is 348 g/mol. The quantitative estimate of drug-likeness (QED) is 0.719. The molecule has 2 unspecified atom stereocenters. The fraction of sp³-hybridized carbons (Fsp3) is 0.583. The summed E-state index contributed by atoms with van der Waals surface area (Å²) in [5, 5.41) is 0. The number of rotatable bonds is 1. The third kappa shape index (κ3) is 2.59. The maximum absolute atomic E-state index is 4.62. The van der Waals surface area contributed by atoms with Crippen LogP contribution in [0.25, 0.3) is 0 Å². The Kier molecular flexibility index (Phi) is 3.90. The number of halogens is 2. The number of pyridine rings is 1. The molecule has 0 aliphatic carbocycles. The zero-order chi connectivity index (χ0) is 11.7. The standard InChI is InChI=1S/C12H16Br2N2/c1-8-7-16(6-5-10(8)13)12-4-3-11(14)9(2)15-12/h3-4,8,10H,5-7H2,1-2H3. The van der Waals surface area contributed by atoms with Crippen molar-refractivity contribution in [3.05, 3.63) is 22.3 Å². The van der Waals surface area contributed by atoms with E-state index in [0.717, 1.165) is 29.1 Å². The minimum atomic E-state index is 0.653. The Labute approximate surface area is 114 Å². The fourth-order valence-electron chi connectivity index (χ4n) is 2.03. The van der Waals surface area contributed by atoms with Crippen LogP contribution in [0.15, 0.2) is 16.6 Å². The first kappa shape index (κ1) is 12.4. The molecule has 4 heteroatoms. The van der Waals surface area contributed by atoms with Crippen LogP contribution in [0.4, 0.5) is 5.82 Å². The molecule has 0 radical (unpaired) electrons. The molecule has 2 nitrogen and oxygen atoms in total. The lowest BCUT2D eigenvalue weighted by Crippen LogP contribution is -2.40. The molecule has 2 atom stereocenters. The van der Waals surface area contributed by atoms with E-state index in [1.165, 1.54) is 6.42 Å². The van der Waals surface area contributed by atoms with Gasteiger partial charge in [0, 0.05) is 22.4 Å². The lowest BCUT2D eigenvalue weighted by molar-refractivity contribution is 0.463. The summed E-state index contributed by atoms with van der Waals surface area (Å²) in [7, 11) is 0. The largest absolute Gasteiger partial charge is 0.356 e. The van der Waals surface area contributed by atoms with Crippen molar-refractivity contribution in [1.29, 1.82) is 0 Å². The summed E-state index contributed by atoms with van der Waals surface area (Å²) in [6.45, 7) is 6.50. The van der Waals surface area contributed by atoms with Crippen molar-refractivity contribution < 1.29 is 0 Å². The van der Waals surface area contributed by atoms with Crippen molar-refractivity contribution >= 4 is 37.7 Å². The Balaban J connectivity index is 2.15. The van der Waals surface area contributed by atoms with E-state index in [1.807, 2.05) is 6.92 Å². The molecule has 1 aliphatic heterocycles. The monoisotopic (exact) mass is 346 g/mol. The molecule has 1 saturated heterocycles. The molecule has 1 aliphatic rings. The molecule has 0 aromatic carbocycles. The summed E-state index contributed by atoms with van der Waals surface area (Å²) in [6.07, 6.45) is 1.19. The van der Waals surface area contributed by atoms with Crippen LogP contribution in [0.1, 0.15) is 19.0 Å². The molecule has 16 heavy (non-hydrogen) atoms. The van der Waals surface area contributed by atoms with Crippen LogP contribution in [0.2, 0.25) is 0 Å². The van der Waals surface area contributed by atoms with Crippen LogP contribution in [0.3, 0.4) is 0 Å². The van der Waals surface area contributed by atoms with Crippen molar-refractivity contribution in [2.45, 2.75) is 25.1 Å². The van der Waals surface area contributed by atoms with Crippen LogP contribution in [0, 0.1) is 12.8 Å². The Morgan fingerprint density at radius 1 is 1.44 bits per heavy atom. The van der Waals surface area contributed by atoms with Crippen molar-refractivity contribution in [2.75, 3.05) is 18.0 Å². The lowest BCUT2D eigenvalue weighted by Gasteiger charge is -2.35. The first-order valence-electron chi connectivity index (χ1n) is 5.60. The van der Waals surface area contributed by atoms with Crippen LogP contribution in [-0.2, 0) is 0 Å². The summed E-state index contributed by atoms with van der Waals surface area (Å²) in [4.78, 5) is 7.65. The highest BCUT2D eigenvalue weighted by Gasteiger charge is 2.24. The van der Waals surface area contributed by atoms with Crippen LogP contribution in [0.5, 0.6) is 0 Å². The summed E-state index contributed by atoms with van der Waals surface area (Å²) in [5.74, 6) is 1.78. The molecule has 0 spiro atoms. The van der Waals surface area contributed by atoms with E-state index >= 15 is 0 Å². The van der Waals surface area contributed by atoms with Gasteiger partial charge in [0.15, 0.2) is 0 Å². The molecular formula is C12H16Br2N2. The Hall–Kier alpha value is -0.0900. The molecular weight excluding hydrogens is 332 g/mol.